The van der Waals surface area contributed by atoms with Crippen LogP contribution in [0.25, 0.3) is 0 Å². The largest absolute Gasteiger partial charge is 0.476 e. The Balaban J connectivity index is 1.41. The number of nitrogens with one attached hydrogen (secondary N) is 1. The lowest BCUT2D eigenvalue weighted by Crippen LogP contribution is -2.55. The molecule has 0 radical (unpaired) electrons. The van der Waals surface area contributed by atoms with Crippen molar-refractivity contribution >= 4 is 33.2 Å². The third kappa shape index (κ3) is 5.09. The third-order valence-electron chi connectivity index (χ3n) is 6.29. The first kappa shape index (κ1) is 23.8. The molecule has 2 aliphatic rings. The second kappa shape index (κ2) is 8.76. The van der Waals surface area contributed by atoms with Gasteiger partial charge >= 0.3 is 0 Å². The monoisotopic (exact) mass is 495 g/mol. The molecular formula is C23H27ClFN3O4S. The van der Waals surface area contributed by atoms with E-state index in [9.17, 15) is 17.6 Å². The van der Waals surface area contributed by atoms with E-state index < -0.39 is 21.3 Å². The standard InChI is InChI=1S/C23H27ClFN3O4S/c1-23(2,32-20-8-4-14(25)10-19(20)24)22(29)27-15-11-16-5-6-17(12-15)28(16)21-9-7-18(13-26-21)33(3,30)31/h4,7-10,13,15-17H,5-6,11-12H2,1-3H3,(H,27,29)/t15?,16-,17+. The first-order chi connectivity index (χ1) is 15.4. The van der Waals surface area contributed by atoms with Crippen LogP contribution in [0.1, 0.15) is 39.5 Å². The average Bonchev–Trinajstić information content (AvgIpc) is 3.00. The van der Waals surface area contributed by atoms with Crippen molar-refractivity contribution in [2.75, 3.05) is 11.2 Å². The summed E-state index contributed by atoms with van der Waals surface area (Å²) in [4.78, 5) is 19.8. The smallest absolute Gasteiger partial charge is 0.263 e. The van der Waals surface area contributed by atoms with E-state index in [4.69, 9.17) is 16.3 Å². The summed E-state index contributed by atoms with van der Waals surface area (Å²) < 4.78 is 42.5. The Hall–Kier alpha value is -2.39. The molecule has 10 heteroatoms. The number of ether oxygens (including phenoxy) is 1. The molecule has 0 spiro atoms. The second-order valence-electron chi connectivity index (χ2n) is 9.25. The zero-order valence-electron chi connectivity index (χ0n) is 18.7. The number of hydrogen-bond acceptors (Lipinski definition) is 6. The third-order valence-corrected chi connectivity index (χ3v) is 7.68. The lowest BCUT2D eigenvalue weighted by molar-refractivity contribution is -0.135. The predicted octanol–water partition coefficient (Wildman–Crippen LogP) is 3.75. The molecule has 2 aliphatic heterocycles. The molecule has 2 bridgehead atoms. The maximum Gasteiger partial charge on any atom is 0.263 e. The highest BCUT2D eigenvalue weighted by molar-refractivity contribution is 7.90. The van der Waals surface area contributed by atoms with Crippen molar-refractivity contribution in [1.29, 1.82) is 0 Å². The van der Waals surface area contributed by atoms with Crippen molar-refractivity contribution in [2.24, 2.45) is 0 Å². The number of halogens is 2. The number of amides is 1. The van der Waals surface area contributed by atoms with E-state index in [0.717, 1.165) is 43.8 Å². The molecule has 2 aromatic rings. The number of nitrogens with zero attached hydrogens (tertiary/aromatic N) is 2. The molecule has 2 fully saturated rings. The zero-order valence-corrected chi connectivity index (χ0v) is 20.3. The van der Waals surface area contributed by atoms with Gasteiger partial charge in [-0.25, -0.2) is 17.8 Å². The Morgan fingerprint density at radius 1 is 1.21 bits per heavy atom. The van der Waals surface area contributed by atoms with Gasteiger partial charge in [0.05, 0.1) is 9.92 Å². The van der Waals surface area contributed by atoms with Crippen molar-refractivity contribution in [1.82, 2.24) is 10.3 Å². The fourth-order valence-electron chi connectivity index (χ4n) is 4.65. The highest BCUT2D eigenvalue weighted by Gasteiger charge is 2.43. The van der Waals surface area contributed by atoms with Gasteiger partial charge < -0.3 is 15.0 Å². The number of fused-ring (bicyclic) bond motifs is 2. The van der Waals surface area contributed by atoms with Crippen LogP contribution in [0.2, 0.25) is 5.02 Å². The highest BCUT2D eigenvalue weighted by atomic mass is 35.5. The van der Waals surface area contributed by atoms with Crippen molar-refractivity contribution < 1.29 is 22.3 Å². The quantitative estimate of drug-likeness (QED) is 0.656. The summed E-state index contributed by atoms with van der Waals surface area (Å²) in [7, 11) is -3.29. The van der Waals surface area contributed by atoms with Gasteiger partial charge in [0.2, 0.25) is 0 Å². The zero-order chi connectivity index (χ0) is 24.0. The number of anilines is 1. The summed E-state index contributed by atoms with van der Waals surface area (Å²) in [5, 5.41) is 3.21. The van der Waals surface area contributed by atoms with Crippen molar-refractivity contribution in [2.45, 2.75) is 68.2 Å². The molecule has 1 aromatic carbocycles. The van der Waals surface area contributed by atoms with E-state index in [0.29, 0.717) is 0 Å². The van der Waals surface area contributed by atoms with Crippen LogP contribution in [0, 0.1) is 5.82 Å². The number of carbonyl (C=O) groups is 1. The van der Waals surface area contributed by atoms with Crippen LogP contribution in [0.4, 0.5) is 10.2 Å². The van der Waals surface area contributed by atoms with E-state index in [2.05, 4.69) is 15.2 Å². The summed E-state index contributed by atoms with van der Waals surface area (Å²) >= 11 is 6.05. The predicted molar refractivity (Wildman–Crippen MR) is 124 cm³/mol. The topological polar surface area (TPSA) is 88.6 Å². The van der Waals surface area contributed by atoms with E-state index in [1.807, 2.05) is 0 Å². The van der Waals surface area contributed by atoms with E-state index in [1.165, 1.54) is 18.3 Å². The Kier molecular flexibility index (Phi) is 6.30. The van der Waals surface area contributed by atoms with Gasteiger partial charge in [0, 0.05) is 30.6 Å². The first-order valence-corrected chi connectivity index (χ1v) is 13.1. The van der Waals surface area contributed by atoms with Gasteiger partial charge in [0.25, 0.3) is 5.91 Å². The number of aromatic nitrogens is 1. The lowest BCUT2D eigenvalue weighted by atomic mass is 9.96. The van der Waals surface area contributed by atoms with E-state index in [-0.39, 0.29) is 39.7 Å². The van der Waals surface area contributed by atoms with Gasteiger partial charge in [-0.3, -0.25) is 4.79 Å². The minimum Gasteiger partial charge on any atom is -0.476 e. The molecule has 178 valence electrons. The molecule has 7 nitrogen and oxygen atoms in total. The molecule has 0 aliphatic carbocycles. The van der Waals surface area contributed by atoms with E-state index in [1.54, 1.807) is 26.0 Å². The molecule has 1 N–H and O–H groups in total. The molecule has 33 heavy (non-hydrogen) atoms. The molecule has 2 saturated heterocycles. The molecule has 3 atom stereocenters. The van der Waals surface area contributed by atoms with Crippen LogP contribution in [0.3, 0.4) is 0 Å². The van der Waals surface area contributed by atoms with E-state index >= 15 is 0 Å². The molecule has 4 rings (SSSR count). The average molecular weight is 496 g/mol. The van der Waals surface area contributed by atoms with Crippen LogP contribution >= 0.6 is 11.6 Å². The summed E-state index contributed by atoms with van der Waals surface area (Å²) in [6.07, 6.45) is 6.04. The number of rotatable bonds is 6. The Bertz CT molecular complexity index is 1140. The van der Waals surface area contributed by atoms with Crippen molar-refractivity contribution in [3.8, 4) is 5.75 Å². The Labute approximate surface area is 198 Å². The SMILES string of the molecule is CC(C)(Oc1ccc(F)cc1Cl)C(=O)NC1C[C@H]2CC[C@@H](C1)N2c1ccc(S(C)(=O)=O)cn1. The number of benzene rings is 1. The van der Waals surface area contributed by atoms with Crippen LogP contribution < -0.4 is 15.0 Å². The van der Waals surface area contributed by atoms with Gasteiger partial charge in [-0.15, -0.1) is 0 Å². The summed E-state index contributed by atoms with van der Waals surface area (Å²) in [6.45, 7) is 3.30. The summed E-state index contributed by atoms with van der Waals surface area (Å²) in [5.74, 6) is 0.264. The number of piperidine rings is 1. The molecule has 3 heterocycles. The summed E-state index contributed by atoms with van der Waals surface area (Å²) in [6, 6.07) is 7.53. The first-order valence-electron chi connectivity index (χ1n) is 10.8. The van der Waals surface area contributed by atoms with Crippen molar-refractivity contribution in [3.05, 3.63) is 47.4 Å². The number of hydrogen-bond donors (Lipinski definition) is 1. The van der Waals surface area contributed by atoms with Crippen molar-refractivity contribution in [3.63, 3.8) is 0 Å². The minimum absolute atomic E-state index is 0.0203. The fraction of sp³-hybridized carbons (Fsp3) is 0.478. The highest BCUT2D eigenvalue weighted by Crippen LogP contribution is 2.39. The second-order valence-corrected chi connectivity index (χ2v) is 11.7. The van der Waals surface area contributed by atoms with Crippen LogP contribution in [-0.2, 0) is 14.6 Å². The molecule has 1 unspecified atom stereocenters. The molecular weight excluding hydrogens is 469 g/mol. The number of carbonyl (C=O) groups excluding carboxylic acids is 1. The van der Waals surface area contributed by atoms with Gasteiger partial charge in [-0.05, 0) is 69.9 Å². The van der Waals surface area contributed by atoms with Gasteiger partial charge in [0.1, 0.15) is 17.4 Å². The maximum atomic E-state index is 13.3. The molecule has 1 amide bonds. The maximum absolute atomic E-state index is 13.3. The fourth-order valence-corrected chi connectivity index (χ4v) is 5.42. The Morgan fingerprint density at radius 2 is 1.88 bits per heavy atom. The van der Waals surface area contributed by atoms with Gasteiger partial charge in [-0.1, -0.05) is 11.6 Å². The lowest BCUT2D eigenvalue weighted by Gasteiger charge is -2.40. The number of sulfone groups is 1. The Morgan fingerprint density at radius 3 is 2.42 bits per heavy atom. The van der Waals surface area contributed by atoms with Crippen LogP contribution in [0.5, 0.6) is 5.75 Å². The van der Waals surface area contributed by atoms with Crippen LogP contribution in [-0.4, -0.2) is 49.3 Å². The van der Waals surface area contributed by atoms with Gasteiger partial charge in [-0.2, -0.15) is 0 Å². The number of pyridine rings is 1. The van der Waals surface area contributed by atoms with Gasteiger partial charge in [0.15, 0.2) is 15.4 Å². The van der Waals surface area contributed by atoms with Crippen LogP contribution in [0.15, 0.2) is 41.4 Å². The molecule has 0 saturated carbocycles. The minimum atomic E-state index is -3.29. The summed E-state index contributed by atoms with van der Waals surface area (Å²) in [5.41, 5.74) is -1.19. The molecule has 1 aromatic heterocycles. The normalized spacial score (nSPS) is 22.8.